The topological polar surface area (TPSA) is 44.5 Å². The summed E-state index contributed by atoms with van der Waals surface area (Å²) < 4.78 is 16.4. The summed E-state index contributed by atoms with van der Waals surface area (Å²) >= 11 is 8.04. The van der Waals surface area contributed by atoms with Gasteiger partial charge in [0.2, 0.25) is 0 Å². The van der Waals surface area contributed by atoms with Crippen LogP contribution in [0.15, 0.2) is 22.7 Å². The Morgan fingerprint density at radius 2 is 2.05 bits per heavy atom. The van der Waals surface area contributed by atoms with Crippen LogP contribution in [0.4, 0.5) is 0 Å². The molecule has 0 aliphatic carbocycles. The van der Waals surface area contributed by atoms with Gasteiger partial charge < -0.3 is 14.0 Å². The Kier molecular flexibility index (Phi) is 4.60. The smallest absolute Gasteiger partial charge is 0.179 e. The number of hydrogen-bond acceptors (Lipinski definition) is 5. The van der Waals surface area contributed by atoms with E-state index in [0.717, 1.165) is 40.7 Å². The van der Waals surface area contributed by atoms with Crippen molar-refractivity contribution in [3.05, 3.63) is 40.2 Å². The summed E-state index contributed by atoms with van der Waals surface area (Å²) in [5, 5.41) is 4.59. The zero-order valence-electron chi connectivity index (χ0n) is 11.7. The Labute approximate surface area is 132 Å². The molecule has 0 spiro atoms. The van der Waals surface area contributed by atoms with Gasteiger partial charge in [-0.15, -0.1) is 0 Å². The van der Waals surface area contributed by atoms with E-state index in [1.54, 1.807) is 11.8 Å². The number of rotatable bonds is 4. The average molecular weight is 326 g/mol. The molecule has 1 aliphatic heterocycles. The maximum absolute atomic E-state index is 6.28. The molecule has 0 saturated carbocycles. The lowest BCUT2D eigenvalue weighted by Crippen LogP contribution is -1.97. The number of hydrogen-bond donors (Lipinski definition) is 0. The number of ether oxygens (including phenoxy) is 2. The molecule has 21 heavy (non-hydrogen) atoms. The molecule has 3 rings (SSSR count). The molecule has 0 fully saturated rings. The molecule has 0 N–H and O–H groups in total. The lowest BCUT2D eigenvalue weighted by molar-refractivity contribution is 0.297. The Morgan fingerprint density at radius 1 is 1.19 bits per heavy atom. The average Bonchev–Trinajstić information content (AvgIpc) is 2.73. The molecular formula is C15H16ClNO3S. The number of benzene rings is 1. The first-order valence-electron chi connectivity index (χ1n) is 6.80. The van der Waals surface area contributed by atoms with E-state index in [-0.39, 0.29) is 0 Å². The molecule has 0 bridgehead atoms. The molecule has 2 heterocycles. The first-order chi connectivity index (χ1) is 10.2. The van der Waals surface area contributed by atoms with Crippen LogP contribution < -0.4 is 9.47 Å². The van der Waals surface area contributed by atoms with E-state index >= 15 is 0 Å². The first-order valence-corrected chi connectivity index (χ1v) is 8.33. The molecule has 0 unspecified atom stereocenters. The highest BCUT2D eigenvalue weighted by Crippen LogP contribution is 2.38. The number of thioether (sulfide) groups is 1. The minimum atomic E-state index is 0.613. The molecule has 4 nitrogen and oxygen atoms in total. The molecule has 0 atom stereocenters. The summed E-state index contributed by atoms with van der Waals surface area (Å²) in [4.78, 5) is 0. The third kappa shape index (κ3) is 3.66. The fraction of sp³-hybridized carbons (Fsp3) is 0.400. The van der Waals surface area contributed by atoms with Gasteiger partial charge in [0.25, 0.3) is 0 Å². The Bertz CT molecular complexity index is 629. The second-order valence-corrected chi connectivity index (χ2v) is 6.27. The zero-order valence-corrected chi connectivity index (χ0v) is 13.3. The number of halogens is 1. The van der Waals surface area contributed by atoms with Crippen molar-refractivity contribution >= 4 is 23.4 Å². The number of aromatic nitrogens is 1. The maximum atomic E-state index is 6.28. The molecule has 0 saturated heterocycles. The van der Waals surface area contributed by atoms with Gasteiger partial charge in [-0.3, -0.25) is 0 Å². The van der Waals surface area contributed by atoms with Gasteiger partial charge in [0.1, 0.15) is 5.76 Å². The maximum Gasteiger partial charge on any atom is 0.179 e. The Balaban J connectivity index is 1.65. The molecule has 112 valence electrons. The second kappa shape index (κ2) is 6.62. The van der Waals surface area contributed by atoms with E-state index in [4.69, 9.17) is 25.6 Å². The standard InChI is InChI=1S/C15H16ClNO3S/c1-10-5-12(17-20-10)9-21-8-11-6-13(16)15-14(7-11)18-3-2-4-19-15/h5-7H,2-4,8-9H2,1H3. The Hall–Kier alpha value is -1.33. The molecule has 0 radical (unpaired) electrons. The van der Waals surface area contributed by atoms with E-state index < -0.39 is 0 Å². The van der Waals surface area contributed by atoms with E-state index in [1.165, 1.54) is 0 Å². The SMILES string of the molecule is Cc1cc(CSCc2cc(Cl)c3c(c2)OCCCO3)no1. The number of aryl methyl sites for hydroxylation is 1. The van der Waals surface area contributed by atoms with Crippen molar-refractivity contribution in [2.75, 3.05) is 13.2 Å². The summed E-state index contributed by atoms with van der Waals surface area (Å²) in [6.45, 7) is 3.20. The van der Waals surface area contributed by atoms with Crippen molar-refractivity contribution in [3.63, 3.8) is 0 Å². The van der Waals surface area contributed by atoms with Crippen molar-refractivity contribution in [2.24, 2.45) is 0 Å². The number of nitrogens with zero attached hydrogens (tertiary/aromatic N) is 1. The van der Waals surface area contributed by atoms with Crippen LogP contribution in [0.1, 0.15) is 23.4 Å². The van der Waals surface area contributed by atoms with Gasteiger partial charge in [0.05, 0.1) is 23.9 Å². The van der Waals surface area contributed by atoms with Crippen LogP contribution in [0.5, 0.6) is 11.5 Å². The highest BCUT2D eigenvalue weighted by Gasteiger charge is 2.15. The summed E-state index contributed by atoms with van der Waals surface area (Å²) in [6, 6.07) is 5.90. The van der Waals surface area contributed by atoms with Gasteiger partial charge in [0, 0.05) is 24.0 Å². The van der Waals surface area contributed by atoms with Gasteiger partial charge in [-0.25, -0.2) is 0 Å². The number of fused-ring (bicyclic) bond motifs is 1. The molecule has 1 aromatic carbocycles. The lowest BCUT2D eigenvalue weighted by atomic mass is 10.2. The zero-order chi connectivity index (χ0) is 14.7. The van der Waals surface area contributed by atoms with Crippen LogP contribution in [0.25, 0.3) is 0 Å². The highest BCUT2D eigenvalue weighted by atomic mass is 35.5. The molecule has 1 aromatic heterocycles. The van der Waals surface area contributed by atoms with Crippen molar-refractivity contribution in [1.29, 1.82) is 0 Å². The lowest BCUT2D eigenvalue weighted by Gasteiger charge is -2.11. The van der Waals surface area contributed by atoms with Gasteiger partial charge in [-0.2, -0.15) is 11.8 Å². The van der Waals surface area contributed by atoms with Gasteiger partial charge in [0.15, 0.2) is 11.5 Å². The van der Waals surface area contributed by atoms with Crippen LogP contribution in [0.2, 0.25) is 5.02 Å². The van der Waals surface area contributed by atoms with Crippen molar-refractivity contribution < 1.29 is 14.0 Å². The predicted molar refractivity (Wildman–Crippen MR) is 83.3 cm³/mol. The van der Waals surface area contributed by atoms with E-state index in [1.807, 2.05) is 25.1 Å². The van der Waals surface area contributed by atoms with Crippen LogP contribution >= 0.6 is 23.4 Å². The monoisotopic (exact) mass is 325 g/mol. The first kappa shape index (κ1) is 14.6. The van der Waals surface area contributed by atoms with Gasteiger partial charge in [-0.1, -0.05) is 16.8 Å². The summed E-state index contributed by atoms with van der Waals surface area (Å²) in [7, 11) is 0. The molecular weight excluding hydrogens is 310 g/mol. The summed E-state index contributed by atoms with van der Waals surface area (Å²) in [5.74, 6) is 3.89. The normalized spacial score (nSPS) is 14.0. The minimum absolute atomic E-state index is 0.613. The van der Waals surface area contributed by atoms with Crippen LogP contribution in [0, 0.1) is 6.92 Å². The largest absolute Gasteiger partial charge is 0.489 e. The molecule has 6 heteroatoms. The third-order valence-electron chi connectivity index (χ3n) is 3.06. The molecule has 1 aliphatic rings. The molecule has 0 amide bonds. The van der Waals surface area contributed by atoms with Crippen molar-refractivity contribution in [2.45, 2.75) is 24.9 Å². The van der Waals surface area contributed by atoms with Gasteiger partial charge in [-0.05, 0) is 24.6 Å². The quantitative estimate of drug-likeness (QED) is 0.841. The van der Waals surface area contributed by atoms with Crippen LogP contribution in [0.3, 0.4) is 0 Å². The van der Waals surface area contributed by atoms with E-state index in [9.17, 15) is 0 Å². The van der Waals surface area contributed by atoms with E-state index in [0.29, 0.717) is 24.0 Å². The fourth-order valence-corrected chi connectivity index (χ4v) is 3.26. The molecule has 2 aromatic rings. The summed E-state index contributed by atoms with van der Waals surface area (Å²) in [6.07, 6.45) is 0.876. The fourth-order valence-electron chi connectivity index (χ4n) is 2.13. The minimum Gasteiger partial charge on any atom is -0.489 e. The second-order valence-electron chi connectivity index (χ2n) is 4.88. The highest BCUT2D eigenvalue weighted by molar-refractivity contribution is 7.97. The van der Waals surface area contributed by atoms with Crippen LogP contribution in [-0.2, 0) is 11.5 Å². The summed E-state index contributed by atoms with van der Waals surface area (Å²) in [5.41, 5.74) is 2.08. The third-order valence-corrected chi connectivity index (χ3v) is 4.38. The predicted octanol–water partition coefficient (Wildman–Crippen LogP) is 4.23. The van der Waals surface area contributed by atoms with Crippen molar-refractivity contribution in [1.82, 2.24) is 5.16 Å². The van der Waals surface area contributed by atoms with Crippen LogP contribution in [-0.4, -0.2) is 18.4 Å². The Morgan fingerprint density at radius 3 is 2.86 bits per heavy atom. The van der Waals surface area contributed by atoms with E-state index in [2.05, 4.69) is 5.16 Å². The van der Waals surface area contributed by atoms with Gasteiger partial charge >= 0.3 is 0 Å². The van der Waals surface area contributed by atoms with Crippen molar-refractivity contribution in [3.8, 4) is 11.5 Å².